The van der Waals surface area contributed by atoms with E-state index in [1.807, 2.05) is 6.92 Å². The second kappa shape index (κ2) is 12.4. The molecular formula is C32H35AcN3O8S. The van der Waals surface area contributed by atoms with Crippen molar-refractivity contribution in [1.82, 2.24) is 9.80 Å². The van der Waals surface area contributed by atoms with Gasteiger partial charge < -0.3 is 33.5 Å². The van der Waals surface area contributed by atoms with Crippen LogP contribution in [0.5, 0.6) is 23.0 Å². The number of thioether (sulfide) groups is 1. The fourth-order valence-electron chi connectivity index (χ4n) is 7.83. The smallest absolute Gasteiger partial charge is 0.374 e. The third kappa shape index (κ3) is 4.77. The van der Waals surface area contributed by atoms with Crippen LogP contribution in [0.3, 0.4) is 0 Å². The number of carbonyl (C=O) groups is 1. The van der Waals surface area contributed by atoms with Crippen molar-refractivity contribution >= 4 is 17.7 Å². The van der Waals surface area contributed by atoms with Crippen molar-refractivity contribution < 1.29 is 82.4 Å². The van der Waals surface area contributed by atoms with E-state index in [2.05, 4.69) is 42.8 Å². The van der Waals surface area contributed by atoms with E-state index in [-0.39, 0.29) is 93.9 Å². The van der Waals surface area contributed by atoms with E-state index in [0.717, 1.165) is 28.0 Å². The van der Waals surface area contributed by atoms with Crippen LogP contribution < -0.4 is 14.2 Å². The first-order chi connectivity index (χ1) is 21.2. The summed E-state index contributed by atoms with van der Waals surface area (Å²) in [7, 11) is 5.10. The van der Waals surface area contributed by atoms with Gasteiger partial charge in [-0.25, -0.2) is 4.79 Å². The monoisotopic (exact) mass is 848 g/mol. The zero-order chi connectivity index (χ0) is 31.0. The van der Waals surface area contributed by atoms with Crippen LogP contribution in [-0.4, -0.2) is 80.5 Å². The maximum atomic E-state index is 13.1. The molecule has 1 fully saturated rings. The van der Waals surface area contributed by atoms with Crippen LogP contribution in [0.25, 0.3) is 0 Å². The second-order valence-electron chi connectivity index (χ2n) is 11.9. The molecule has 5 aliphatic heterocycles. The molecule has 7 rings (SSSR count). The number of nitriles is 1. The number of piperazine rings is 1. The van der Waals surface area contributed by atoms with Crippen LogP contribution in [0.2, 0.25) is 0 Å². The quantitative estimate of drug-likeness (QED) is 0.353. The van der Waals surface area contributed by atoms with Gasteiger partial charge in [-0.05, 0) is 50.9 Å². The summed E-state index contributed by atoms with van der Waals surface area (Å²) in [6.45, 7) is 5.97. The first kappa shape index (κ1) is 32.7. The van der Waals surface area contributed by atoms with Gasteiger partial charge in [0, 0.05) is 90.9 Å². The van der Waals surface area contributed by atoms with Crippen LogP contribution in [-0.2, 0) is 25.4 Å². The van der Waals surface area contributed by atoms with Gasteiger partial charge in [0.15, 0.2) is 18.3 Å². The fraction of sp³-hybridized carbons (Fsp3) is 0.500. The minimum Gasteiger partial charge on any atom is -0.507 e. The van der Waals surface area contributed by atoms with E-state index in [0.29, 0.717) is 34.6 Å². The summed E-state index contributed by atoms with van der Waals surface area (Å²) in [5.74, 6) is 1.36. The van der Waals surface area contributed by atoms with Gasteiger partial charge in [0.25, 0.3) is 0 Å². The standard InChI is InChI=1S/C32H35N3O8S.Ac/c1-14-7-17-8-18-19(9-33)35-20-10-40-32(37)21(39-6)11-44-31(24-23(20)30-29(42-13-43-30)16(3)27(24)36)26(35)25(34(18)4)22(17)28(15(14)2)41-12-38-5;/h7,11,18-20,25-26,31,36H,8,10,12-13H2,1-6H3;/b21-11+;/t18-,19+,20-,25-,26?,31-;/m1./s1. The Bertz CT molecular complexity index is 1640. The molecule has 5 heterocycles. The molecule has 45 heavy (non-hydrogen) atoms. The van der Waals surface area contributed by atoms with Crippen molar-refractivity contribution in [1.29, 1.82) is 5.26 Å². The molecule has 1 saturated heterocycles. The number of likely N-dealkylation sites (N-methyl/N-ethyl adjacent to an activating group) is 1. The number of carbonyl (C=O) groups excluding carboxylic acids is 1. The molecule has 2 aromatic rings. The molecule has 0 aliphatic carbocycles. The summed E-state index contributed by atoms with van der Waals surface area (Å²) < 4.78 is 34.9. The van der Waals surface area contributed by atoms with Gasteiger partial charge in [0.2, 0.25) is 12.6 Å². The summed E-state index contributed by atoms with van der Waals surface area (Å²) >= 11 is 1.37. The van der Waals surface area contributed by atoms with Crippen molar-refractivity contribution in [2.75, 3.05) is 41.5 Å². The number of phenolic OH excluding ortho intramolecular Hbond substituents is 1. The minimum absolute atomic E-state index is 0. The number of rotatable bonds is 4. The number of cyclic esters (lactones) is 1. The summed E-state index contributed by atoms with van der Waals surface area (Å²) in [4.78, 5) is 17.6. The normalized spacial score (nSPS) is 29.2. The molecular weight excluding hydrogens is 813 g/mol. The molecule has 2 aromatic carbocycles. The topological polar surface area (TPSA) is 123 Å². The Balaban J connectivity index is 0.00000357. The number of hydrogen-bond donors (Lipinski definition) is 1. The van der Waals surface area contributed by atoms with E-state index in [1.54, 1.807) is 12.5 Å². The van der Waals surface area contributed by atoms with Gasteiger partial charge in [0.1, 0.15) is 24.1 Å². The Morgan fingerprint density at radius 1 is 1.11 bits per heavy atom. The molecule has 235 valence electrons. The van der Waals surface area contributed by atoms with Crippen molar-refractivity contribution in [3.63, 3.8) is 0 Å². The zero-order valence-corrected chi connectivity index (χ0v) is 31.6. The van der Waals surface area contributed by atoms with Crippen molar-refractivity contribution in [3.05, 3.63) is 56.2 Å². The summed E-state index contributed by atoms with van der Waals surface area (Å²) in [6, 6.07) is 2.92. The number of esters is 1. The number of aryl methyl sites for hydroxylation is 1. The summed E-state index contributed by atoms with van der Waals surface area (Å²) in [5.41, 5.74) is 6.27. The molecule has 6 atom stereocenters. The van der Waals surface area contributed by atoms with Gasteiger partial charge in [-0.15, -0.1) is 11.8 Å². The number of phenols is 1. The average molecular weight is 849 g/mol. The SMILES string of the molecule is COCOc1c(C)c(C)cc2c1[C@@H]1C3[C@@H]4S/C=C(/OC)C(=O)OC[C@H](c5c6c(c(C)c(O)c54)OCO6)N3[C@@H](C#N)[C@@H](C2)N1C.[Ac]. The molecule has 0 amide bonds. The van der Waals surface area contributed by atoms with E-state index in [1.165, 1.54) is 18.9 Å². The number of benzene rings is 2. The predicted octanol–water partition coefficient (Wildman–Crippen LogP) is 4.08. The van der Waals surface area contributed by atoms with E-state index >= 15 is 0 Å². The number of aromatic hydroxyl groups is 1. The number of fused-ring (bicyclic) bond motifs is 9. The number of nitrogens with zero attached hydrogens (tertiary/aromatic N) is 3. The molecule has 11 nitrogen and oxygen atoms in total. The molecule has 0 saturated carbocycles. The molecule has 13 heteroatoms. The molecule has 1 radical (unpaired) electrons. The van der Waals surface area contributed by atoms with Crippen LogP contribution in [0.1, 0.15) is 56.3 Å². The maximum absolute atomic E-state index is 13.1. The van der Waals surface area contributed by atoms with Crippen LogP contribution in [0.15, 0.2) is 17.2 Å². The van der Waals surface area contributed by atoms with Crippen LogP contribution >= 0.6 is 11.8 Å². The van der Waals surface area contributed by atoms with E-state index in [4.69, 9.17) is 28.4 Å². The Labute approximate surface area is 302 Å². The first-order valence-electron chi connectivity index (χ1n) is 14.6. The Hall–Kier alpha value is -2.19. The number of ether oxygens (including phenoxy) is 6. The first-order valence-corrected chi connectivity index (χ1v) is 15.5. The predicted molar refractivity (Wildman–Crippen MR) is 160 cm³/mol. The Morgan fingerprint density at radius 3 is 2.58 bits per heavy atom. The van der Waals surface area contributed by atoms with Gasteiger partial charge in [-0.2, -0.15) is 5.26 Å². The van der Waals surface area contributed by atoms with Crippen molar-refractivity contribution in [2.24, 2.45) is 0 Å². The van der Waals surface area contributed by atoms with Crippen molar-refractivity contribution in [3.8, 4) is 29.1 Å². The average Bonchev–Trinajstić information content (AvgIpc) is 3.50. The fourth-order valence-corrected chi connectivity index (χ4v) is 9.12. The van der Waals surface area contributed by atoms with Crippen LogP contribution in [0.4, 0.5) is 0 Å². The second-order valence-corrected chi connectivity index (χ2v) is 12.9. The Kier molecular flexibility index (Phi) is 9.05. The summed E-state index contributed by atoms with van der Waals surface area (Å²) in [6.07, 6.45) is 0.635. The molecule has 5 aliphatic rings. The van der Waals surface area contributed by atoms with Crippen LogP contribution in [0, 0.1) is 76.2 Å². The molecule has 1 N–H and O–H groups in total. The van der Waals surface area contributed by atoms with Gasteiger partial charge in [0.05, 0.1) is 30.5 Å². The van der Waals surface area contributed by atoms with Gasteiger partial charge in [-0.3, -0.25) is 9.80 Å². The zero-order valence-electron chi connectivity index (χ0n) is 26.1. The summed E-state index contributed by atoms with van der Waals surface area (Å²) in [5, 5.41) is 23.9. The number of methoxy groups -OCH3 is 2. The molecule has 0 spiro atoms. The molecule has 1 unspecified atom stereocenters. The minimum atomic E-state index is -0.603. The maximum Gasteiger partial charge on any atom is 0.374 e. The number of hydrogen-bond acceptors (Lipinski definition) is 12. The largest absolute Gasteiger partial charge is 0.507 e. The third-order valence-electron chi connectivity index (χ3n) is 9.91. The Morgan fingerprint density at radius 2 is 1.87 bits per heavy atom. The van der Waals surface area contributed by atoms with E-state index < -0.39 is 23.3 Å². The molecule has 4 bridgehead atoms. The van der Waals surface area contributed by atoms with Crippen molar-refractivity contribution in [2.45, 2.75) is 62.7 Å². The van der Waals surface area contributed by atoms with Gasteiger partial charge >= 0.3 is 5.97 Å². The molecule has 0 aromatic heterocycles. The van der Waals surface area contributed by atoms with E-state index in [9.17, 15) is 15.2 Å². The van der Waals surface area contributed by atoms with Gasteiger partial charge in [-0.1, -0.05) is 6.07 Å². The third-order valence-corrected chi connectivity index (χ3v) is 11.1.